The van der Waals surface area contributed by atoms with Crippen molar-refractivity contribution in [2.24, 2.45) is 5.14 Å². The van der Waals surface area contributed by atoms with Crippen LogP contribution in [-0.4, -0.2) is 26.6 Å². The number of benzene rings is 2. The summed E-state index contributed by atoms with van der Waals surface area (Å²) in [5.41, 5.74) is 2.97. The molecule has 1 aliphatic heterocycles. The van der Waals surface area contributed by atoms with Crippen LogP contribution in [0.3, 0.4) is 0 Å². The van der Waals surface area contributed by atoms with E-state index in [4.69, 9.17) is 5.14 Å². The maximum absolute atomic E-state index is 11.6. The molecule has 0 radical (unpaired) electrons. The third-order valence-electron chi connectivity index (χ3n) is 4.02. The van der Waals surface area contributed by atoms with E-state index in [1.165, 1.54) is 6.07 Å². The molecule has 1 aliphatic rings. The van der Waals surface area contributed by atoms with Gasteiger partial charge < -0.3 is 10.4 Å². The van der Waals surface area contributed by atoms with Crippen LogP contribution in [0.2, 0.25) is 0 Å². The Kier molecular flexibility index (Phi) is 3.90. The van der Waals surface area contributed by atoms with Gasteiger partial charge in [-0.15, -0.1) is 0 Å². The van der Waals surface area contributed by atoms with Gasteiger partial charge in [-0.1, -0.05) is 30.3 Å². The highest BCUT2D eigenvalue weighted by atomic mass is 32.2. The first-order valence-corrected chi connectivity index (χ1v) is 8.65. The molecular weight excluding hydrogens is 300 g/mol. The van der Waals surface area contributed by atoms with E-state index in [0.717, 1.165) is 29.8 Å². The van der Waals surface area contributed by atoms with Crippen molar-refractivity contribution in [1.82, 2.24) is 5.32 Å². The molecule has 4 N–H and O–H groups in total. The van der Waals surface area contributed by atoms with Crippen molar-refractivity contribution in [2.45, 2.75) is 17.2 Å². The van der Waals surface area contributed by atoms with Crippen molar-refractivity contribution in [1.29, 1.82) is 0 Å². The number of fused-ring (bicyclic) bond motifs is 1. The second-order valence-corrected chi connectivity index (χ2v) is 7.01. The van der Waals surface area contributed by atoms with Crippen LogP contribution < -0.4 is 10.5 Å². The monoisotopic (exact) mass is 318 g/mol. The van der Waals surface area contributed by atoms with Crippen molar-refractivity contribution in [3.8, 4) is 5.75 Å². The molecule has 1 heterocycles. The zero-order valence-corrected chi connectivity index (χ0v) is 12.8. The first kappa shape index (κ1) is 15.0. The number of nitrogens with two attached hydrogens (primary N) is 1. The Morgan fingerprint density at radius 2 is 1.91 bits per heavy atom. The Balaban J connectivity index is 2.16. The van der Waals surface area contributed by atoms with Crippen molar-refractivity contribution in [3.05, 3.63) is 59.2 Å². The average molecular weight is 318 g/mol. The largest absolute Gasteiger partial charge is 0.507 e. The minimum absolute atomic E-state index is 0.0686. The first-order chi connectivity index (χ1) is 10.5. The van der Waals surface area contributed by atoms with Crippen molar-refractivity contribution < 1.29 is 13.5 Å². The van der Waals surface area contributed by atoms with Crippen LogP contribution >= 0.6 is 0 Å². The molecule has 22 heavy (non-hydrogen) atoms. The van der Waals surface area contributed by atoms with Gasteiger partial charge in [0.1, 0.15) is 10.6 Å². The zero-order valence-electron chi connectivity index (χ0n) is 12.0. The van der Waals surface area contributed by atoms with Gasteiger partial charge in [0.2, 0.25) is 10.0 Å². The third-order valence-corrected chi connectivity index (χ3v) is 4.96. The van der Waals surface area contributed by atoms with E-state index >= 15 is 0 Å². The molecule has 0 saturated carbocycles. The summed E-state index contributed by atoms with van der Waals surface area (Å²) in [5, 5.41) is 18.6. The van der Waals surface area contributed by atoms with E-state index in [-0.39, 0.29) is 16.6 Å². The molecule has 6 heteroatoms. The lowest BCUT2D eigenvalue weighted by Crippen LogP contribution is -2.20. The lowest BCUT2D eigenvalue weighted by atomic mass is 9.88. The summed E-state index contributed by atoms with van der Waals surface area (Å²) in [6, 6.07) is 13.0. The van der Waals surface area contributed by atoms with Crippen LogP contribution in [0.1, 0.15) is 22.6 Å². The van der Waals surface area contributed by atoms with Gasteiger partial charge in [-0.3, -0.25) is 0 Å². The van der Waals surface area contributed by atoms with Crippen LogP contribution in [0, 0.1) is 0 Å². The smallest absolute Gasteiger partial charge is 0.241 e. The molecule has 0 amide bonds. The molecule has 0 spiro atoms. The number of sulfonamides is 1. The second kappa shape index (κ2) is 5.72. The minimum Gasteiger partial charge on any atom is -0.507 e. The number of primary sulfonamides is 1. The Morgan fingerprint density at radius 1 is 1.18 bits per heavy atom. The van der Waals surface area contributed by atoms with Gasteiger partial charge in [-0.05, 0) is 41.8 Å². The highest BCUT2D eigenvalue weighted by Crippen LogP contribution is 2.34. The summed E-state index contributed by atoms with van der Waals surface area (Å²) in [5.74, 6) is -0.219. The van der Waals surface area contributed by atoms with Gasteiger partial charge in [-0.25, -0.2) is 13.6 Å². The van der Waals surface area contributed by atoms with Gasteiger partial charge in [0, 0.05) is 12.5 Å². The number of phenolic OH excluding ortho intramolecular Hbond substituents is 1. The van der Waals surface area contributed by atoms with Gasteiger partial charge in [0.25, 0.3) is 0 Å². The average Bonchev–Trinajstić information content (AvgIpc) is 2.68. The maximum atomic E-state index is 11.6. The van der Waals surface area contributed by atoms with Crippen LogP contribution in [0.15, 0.2) is 47.4 Å². The van der Waals surface area contributed by atoms with E-state index in [2.05, 4.69) is 5.32 Å². The fraction of sp³-hybridized carbons (Fsp3) is 0.250. The molecule has 0 aromatic heterocycles. The highest BCUT2D eigenvalue weighted by molar-refractivity contribution is 7.89. The summed E-state index contributed by atoms with van der Waals surface area (Å²) in [6.07, 6.45) is 0.696. The summed E-state index contributed by atoms with van der Waals surface area (Å²) in [6.45, 7) is 1.50. The van der Waals surface area contributed by atoms with Crippen LogP contribution in [-0.2, 0) is 16.4 Å². The van der Waals surface area contributed by atoms with Crippen LogP contribution in [0.25, 0.3) is 0 Å². The van der Waals surface area contributed by atoms with Gasteiger partial charge in [0.15, 0.2) is 0 Å². The summed E-state index contributed by atoms with van der Waals surface area (Å²) in [7, 11) is -3.93. The normalized spacial score (nSPS) is 18.5. The maximum Gasteiger partial charge on any atom is 0.241 e. The molecule has 0 fully saturated rings. The molecule has 0 aliphatic carbocycles. The number of aromatic hydroxyl groups is 1. The van der Waals surface area contributed by atoms with Crippen LogP contribution in [0.5, 0.6) is 5.75 Å². The van der Waals surface area contributed by atoms with E-state index < -0.39 is 10.0 Å². The molecule has 1 atom stereocenters. The Labute approximate surface area is 129 Å². The van der Waals surface area contributed by atoms with E-state index in [9.17, 15) is 13.5 Å². The van der Waals surface area contributed by atoms with Gasteiger partial charge in [-0.2, -0.15) is 0 Å². The van der Waals surface area contributed by atoms with E-state index in [1.807, 2.05) is 30.3 Å². The number of phenols is 1. The topological polar surface area (TPSA) is 92.4 Å². The highest BCUT2D eigenvalue weighted by Gasteiger charge is 2.24. The Morgan fingerprint density at radius 3 is 2.59 bits per heavy atom. The summed E-state index contributed by atoms with van der Waals surface area (Å²) in [4.78, 5) is -0.208. The molecule has 2 aromatic rings. The fourth-order valence-electron chi connectivity index (χ4n) is 2.96. The SMILES string of the molecule is NS(=O)(=O)c1cc2c(cc1O)C(c1ccccc1)CNCC2. The molecule has 3 rings (SSSR count). The number of hydrogen-bond donors (Lipinski definition) is 3. The lowest BCUT2D eigenvalue weighted by Gasteiger charge is -2.19. The van der Waals surface area contributed by atoms with E-state index in [0.29, 0.717) is 6.42 Å². The predicted octanol–water partition coefficient (Wildman–Crippen LogP) is 1.32. The fourth-order valence-corrected chi connectivity index (χ4v) is 3.61. The second-order valence-electron chi connectivity index (χ2n) is 5.48. The van der Waals surface area contributed by atoms with Crippen molar-refractivity contribution in [2.75, 3.05) is 13.1 Å². The molecular formula is C16H18N2O3S. The molecule has 1 unspecified atom stereocenters. The molecule has 2 aromatic carbocycles. The quantitative estimate of drug-likeness (QED) is 0.778. The van der Waals surface area contributed by atoms with E-state index in [1.54, 1.807) is 6.07 Å². The number of hydrogen-bond acceptors (Lipinski definition) is 4. The summed E-state index contributed by atoms with van der Waals surface area (Å²) >= 11 is 0. The van der Waals surface area contributed by atoms with Gasteiger partial charge >= 0.3 is 0 Å². The first-order valence-electron chi connectivity index (χ1n) is 7.11. The number of rotatable bonds is 2. The summed E-state index contributed by atoms with van der Waals surface area (Å²) < 4.78 is 23.2. The lowest BCUT2D eigenvalue weighted by molar-refractivity contribution is 0.457. The van der Waals surface area contributed by atoms with Crippen molar-refractivity contribution in [3.63, 3.8) is 0 Å². The molecule has 0 saturated heterocycles. The van der Waals surface area contributed by atoms with Crippen molar-refractivity contribution >= 4 is 10.0 Å². The zero-order chi connectivity index (χ0) is 15.7. The molecule has 5 nitrogen and oxygen atoms in total. The molecule has 116 valence electrons. The predicted molar refractivity (Wildman–Crippen MR) is 84.3 cm³/mol. The molecule has 0 bridgehead atoms. The van der Waals surface area contributed by atoms with Gasteiger partial charge in [0.05, 0.1) is 0 Å². The third kappa shape index (κ3) is 2.85. The Bertz CT molecular complexity index is 789. The number of nitrogens with one attached hydrogen (secondary N) is 1. The standard InChI is InChI=1S/C16H18N2O3S/c17-22(20,21)16-8-12-6-7-18-10-14(13(12)9-15(16)19)11-4-2-1-3-5-11/h1-5,8-9,14,18-19H,6-7,10H2,(H2,17,20,21). The Hall–Kier alpha value is -1.89. The minimum atomic E-state index is -3.93. The van der Waals surface area contributed by atoms with Crippen LogP contribution in [0.4, 0.5) is 0 Å².